The van der Waals surface area contributed by atoms with Gasteiger partial charge in [0.1, 0.15) is 40.1 Å². The van der Waals surface area contributed by atoms with E-state index in [0.717, 1.165) is 5.82 Å². The Balaban J connectivity index is 1.51. The van der Waals surface area contributed by atoms with E-state index in [9.17, 15) is 8.42 Å². The summed E-state index contributed by atoms with van der Waals surface area (Å²) in [6.45, 7) is 6.22. The van der Waals surface area contributed by atoms with Gasteiger partial charge < -0.3 is 14.2 Å². The number of hydrogen-bond donors (Lipinski definition) is 1. The summed E-state index contributed by atoms with van der Waals surface area (Å²) in [4.78, 5) is 12.6. The van der Waals surface area contributed by atoms with Gasteiger partial charge in [0.2, 0.25) is 5.88 Å². The average molecular weight is 496 g/mol. The lowest BCUT2D eigenvalue weighted by molar-refractivity contribution is 0.322. The fourth-order valence-corrected chi connectivity index (χ4v) is 4.51. The van der Waals surface area contributed by atoms with E-state index < -0.39 is 10.0 Å². The number of benzene rings is 2. The maximum Gasteiger partial charge on any atom is 0.265 e. The van der Waals surface area contributed by atoms with Gasteiger partial charge in [-0.2, -0.15) is 0 Å². The molecule has 2 heterocycles. The van der Waals surface area contributed by atoms with Gasteiger partial charge >= 0.3 is 0 Å². The van der Waals surface area contributed by atoms with Crippen LogP contribution in [-0.4, -0.2) is 41.2 Å². The van der Waals surface area contributed by atoms with E-state index in [1.807, 2.05) is 18.4 Å². The fourth-order valence-electron chi connectivity index (χ4n) is 3.29. The van der Waals surface area contributed by atoms with E-state index >= 15 is 0 Å². The molecule has 10 nitrogen and oxygen atoms in total. The van der Waals surface area contributed by atoms with E-state index in [4.69, 9.17) is 14.2 Å². The van der Waals surface area contributed by atoms with Crippen molar-refractivity contribution in [2.75, 3.05) is 17.9 Å². The van der Waals surface area contributed by atoms with Crippen molar-refractivity contribution in [3.63, 3.8) is 0 Å². The summed E-state index contributed by atoms with van der Waals surface area (Å²) in [6.07, 6.45) is 4.88. The topological polar surface area (TPSA) is 117 Å². The zero-order chi connectivity index (χ0) is 24.8. The minimum Gasteiger partial charge on any atom is -0.494 e. The third-order valence-electron chi connectivity index (χ3n) is 4.84. The SMILES string of the molecule is CCOc1ccc(OCC)c(S(=O)(=O)Nc2ccc(Oc3cc(-n4ccnc4C)ncn3)cc2)c1. The molecular weight excluding hydrogens is 470 g/mol. The Bertz CT molecular complexity index is 1400. The van der Waals surface area contributed by atoms with Crippen LogP contribution in [0, 0.1) is 6.92 Å². The van der Waals surface area contributed by atoms with Crippen LogP contribution in [0.2, 0.25) is 0 Å². The average Bonchev–Trinajstić information content (AvgIpc) is 3.27. The van der Waals surface area contributed by atoms with Crippen LogP contribution in [0.1, 0.15) is 19.7 Å². The number of ether oxygens (including phenoxy) is 3. The van der Waals surface area contributed by atoms with Crippen LogP contribution in [0.5, 0.6) is 23.1 Å². The zero-order valence-electron chi connectivity index (χ0n) is 19.5. The lowest BCUT2D eigenvalue weighted by Gasteiger charge is -2.14. The molecule has 2 aromatic carbocycles. The molecule has 0 aliphatic carbocycles. The van der Waals surface area contributed by atoms with Crippen LogP contribution in [-0.2, 0) is 10.0 Å². The summed E-state index contributed by atoms with van der Waals surface area (Å²) in [5.74, 6) is 2.91. The molecule has 4 rings (SSSR count). The zero-order valence-corrected chi connectivity index (χ0v) is 20.3. The molecular formula is C24H25N5O5S. The molecule has 0 amide bonds. The molecule has 0 unspecified atom stereocenters. The molecule has 182 valence electrons. The summed E-state index contributed by atoms with van der Waals surface area (Å²) in [5.41, 5.74) is 0.360. The quantitative estimate of drug-likeness (QED) is 0.345. The van der Waals surface area contributed by atoms with Crippen molar-refractivity contribution in [3.8, 4) is 28.9 Å². The lowest BCUT2D eigenvalue weighted by Crippen LogP contribution is -2.14. The van der Waals surface area contributed by atoms with E-state index in [1.165, 1.54) is 12.4 Å². The third-order valence-corrected chi connectivity index (χ3v) is 6.25. The van der Waals surface area contributed by atoms with Crippen LogP contribution in [0.3, 0.4) is 0 Å². The van der Waals surface area contributed by atoms with Crippen molar-refractivity contribution in [1.29, 1.82) is 0 Å². The summed E-state index contributed by atoms with van der Waals surface area (Å²) in [6, 6.07) is 12.9. The summed E-state index contributed by atoms with van der Waals surface area (Å²) in [5, 5.41) is 0. The first-order chi connectivity index (χ1) is 16.9. The smallest absolute Gasteiger partial charge is 0.265 e. The standard InChI is InChI=1S/C24H25N5O5S/c1-4-32-20-10-11-21(33-5-2)22(14-20)35(30,31)28-18-6-8-19(9-7-18)34-24-15-23(26-16-27-24)29-13-12-25-17(29)3/h6-16,28H,4-5H2,1-3H3. The Labute approximate surface area is 203 Å². The second kappa shape index (κ2) is 10.4. The number of rotatable bonds is 10. The van der Waals surface area contributed by atoms with Crippen LogP contribution in [0.15, 0.2) is 72.1 Å². The van der Waals surface area contributed by atoms with Crippen LogP contribution < -0.4 is 18.9 Å². The van der Waals surface area contributed by atoms with Crippen molar-refractivity contribution in [2.24, 2.45) is 0 Å². The molecule has 0 saturated carbocycles. The molecule has 11 heteroatoms. The summed E-state index contributed by atoms with van der Waals surface area (Å²) in [7, 11) is -3.94. The predicted molar refractivity (Wildman–Crippen MR) is 130 cm³/mol. The Hall–Kier alpha value is -4.12. The fraction of sp³-hybridized carbons (Fsp3) is 0.208. The van der Waals surface area contributed by atoms with Gasteiger partial charge in [0, 0.05) is 30.2 Å². The lowest BCUT2D eigenvalue weighted by atomic mass is 10.3. The Morgan fingerprint density at radius 2 is 1.66 bits per heavy atom. The predicted octanol–water partition coefficient (Wildman–Crippen LogP) is 4.36. The van der Waals surface area contributed by atoms with Crippen LogP contribution in [0.25, 0.3) is 5.82 Å². The number of aromatic nitrogens is 4. The number of nitrogens with one attached hydrogen (secondary N) is 1. The van der Waals surface area contributed by atoms with Crippen molar-refractivity contribution < 1.29 is 22.6 Å². The highest BCUT2D eigenvalue weighted by Gasteiger charge is 2.21. The van der Waals surface area contributed by atoms with E-state index in [2.05, 4.69) is 19.7 Å². The summed E-state index contributed by atoms with van der Waals surface area (Å²) < 4.78 is 47.4. The second-order valence-corrected chi connectivity index (χ2v) is 8.92. The number of imidazole rings is 1. The van der Waals surface area contributed by atoms with Crippen LogP contribution in [0.4, 0.5) is 5.69 Å². The Morgan fingerprint density at radius 3 is 2.34 bits per heavy atom. The van der Waals surface area contributed by atoms with Gasteiger partial charge in [0.05, 0.1) is 13.2 Å². The number of sulfonamides is 1. The van der Waals surface area contributed by atoms with Gasteiger partial charge in [-0.3, -0.25) is 9.29 Å². The molecule has 0 fully saturated rings. The van der Waals surface area contributed by atoms with Crippen molar-refractivity contribution in [1.82, 2.24) is 19.5 Å². The van der Waals surface area contributed by atoms with Gasteiger partial charge in [-0.15, -0.1) is 0 Å². The molecule has 2 aromatic heterocycles. The van der Waals surface area contributed by atoms with Gasteiger partial charge in [-0.1, -0.05) is 0 Å². The maximum absolute atomic E-state index is 13.1. The van der Waals surface area contributed by atoms with Crippen molar-refractivity contribution in [2.45, 2.75) is 25.7 Å². The highest BCUT2D eigenvalue weighted by molar-refractivity contribution is 7.92. The van der Waals surface area contributed by atoms with Gasteiger partial charge in [0.15, 0.2) is 0 Å². The largest absolute Gasteiger partial charge is 0.494 e. The maximum atomic E-state index is 13.1. The second-order valence-electron chi connectivity index (χ2n) is 7.27. The minimum atomic E-state index is -3.94. The van der Waals surface area contributed by atoms with Gasteiger partial charge in [0.25, 0.3) is 10.0 Å². The summed E-state index contributed by atoms with van der Waals surface area (Å²) >= 11 is 0. The molecule has 0 aliphatic heterocycles. The minimum absolute atomic E-state index is 0.00561. The third kappa shape index (κ3) is 5.69. The molecule has 35 heavy (non-hydrogen) atoms. The molecule has 0 radical (unpaired) electrons. The number of nitrogens with zero attached hydrogens (tertiary/aromatic N) is 4. The highest BCUT2D eigenvalue weighted by Crippen LogP contribution is 2.31. The molecule has 4 aromatic rings. The highest BCUT2D eigenvalue weighted by atomic mass is 32.2. The number of aryl methyl sites for hydroxylation is 1. The van der Waals surface area contributed by atoms with E-state index in [1.54, 1.807) is 61.8 Å². The molecule has 0 atom stereocenters. The normalized spacial score (nSPS) is 11.2. The van der Waals surface area contributed by atoms with E-state index in [0.29, 0.717) is 42.1 Å². The molecule has 0 aliphatic rings. The first-order valence-electron chi connectivity index (χ1n) is 10.9. The molecule has 1 N–H and O–H groups in total. The first-order valence-corrected chi connectivity index (χ1v) is 12.4. The van der Waals surface area contributed by atoms with Gasteiger partial charge in [-0.05, 0) is 57.2 Å². The Kier molecular flexibility index (Phi) is 7.16. The number of anilines is 1. The van der Waals surface area contributed by atoms with E-state index in [-0.39, 0.29) is 10.6 Å². The van der Waals surface area contributed by atoms with Gasteiger partial charge in [-0.25, -0.2) is 23.4 Å². The molecule has 0 spiro atoms. The molecule has 0 bridgehead atoms. The Morgan fingerprint density at radius 1 is 0.914 bits per heavy atom. The van der Waals surface area contributed by atoms with Crippen molar-refractivity contribution in [3.05, 3.63) is 73.1 Å². The first kappa shape index (κ1) is 24.0. The van der Waals surface area contributed by atoms with Crippen LogP contribution >= 0.6 is 0 Å². The monoisotopic (exact) mass is 495 g/mol. The number of hydrogen-bond acceptors (Lipinski definition) is 8. The molecule has 0 saturated heterocycles. The van der Waals surface area contributed by atoms with Crippen molar-refractivity contribution >= 4 is 15.7 Å².